The lowest BCUT2D eigenvalue weighted by Gasteiger charge is -2.19. The lowest BCUT2D eigenvalue weighted by Crippen LogP contribution is -2.41. The van der Waals surface area contributed by atoms with Crippen molar-refractivity contribution in [3.63, 3.8) is 0 Å². The summed E-state index contributed by atoms with van der Waals surface area (Å²) >= 11 is 0. The summed E-state index contributed by atoms with van der Waals surface area (Å²) in [7, 11) is 0. The minimum atomic E-state index is -0.838. The number of nitro benzene ring substituents is 1. The number of nitro groups is 1. The first-order chi connectivity index (χ1) is 14.4. The Bertz CT molecular complexity index is 1220. The third kappa shape index (κ3) is 3.18. The van der Waals surface area contributed by atoms with Gasteiger partial charge in [0.05, 0.1) is 16.5 Å². The van der Waals surface area contributed by atoms with Gasteiger partial charge < -0.3 is 5.32 Å². The van der Waals surface area contributed by atoms with Crippen molar-refractivity contribution in [1.82, 2.24) is 10.2 Å². The molecule has 8 nitrogen and oxygen atoms in total. The zero-order valence-electron chi connectivity index (χ0n) is 16.0. The van der Waals surface area contributed by atoms with Crippen molar-refractivity contribution in [1.29, 1.82) is 0 Å². The highest BCUT2D eigenvalue weighted by atomic mass is 16.6. The summed E-state index contributed by atoms with van der Waals surface area (Å²) in [6, 6.07) is 17.0. The van der Waals surface area contributed by atoms with Crippen LogP contribution in [-0.4, -0.2) is 34.1 Å². The third-order valence-corrected chi connectivity index (χ3v) is 5.14. The average Bonchev–Trinajstić information content (AvgIpc) is 2.98. The van der Waals surface area contributed by atoms with Crippen LogP contribution in [0.15, 0.2) is 60.7 Å². The summed E-state index contributed by atoms with van der Waals surface area (Å²) in [5.74, 6) is -2.09. The molecule has 1 heterocycles. The molecule has 1 N–H and O–H groups in total. The predicted molar refractivity (Wildman–Crippen MR) is 109 cm³/mol. The van der Waals surface area contributed by atoms with E-state index in [1.165, 1.54) is 12.1 Å². The van der Waals surface area contributed by atoms with Crippen LogP contribution in [0.25, 0.3) is 10.8 Å². The largest absolute Gasteiger partial charge is 0.348 e. The third-order valence-electron chi connectivity index (χ3n) is 5.14. The van der Waals surface area contributed by atoms with Gasteiger partial charge >= 0.3 is 0 Å². The summed E-state index contributed by atoms with van der Waals surface area (Å²) in [6.45, 7) is 1.30. The normalized spacial score (nSPS) is 14.0. The van der Waals surface area contributed by atoms with Crippen molar-refractivity contribution < 1.29 is 19.3 Å². The van der Waals surface area contributed by atoms with E-state index < -0.39 is 34.9 Å². The zero-order valence-corrected chi connectivity index (χ0v) is 16.0. The van der Waals surface area contributed by atoms with Gasteiger partial charge in [0.2, 0.25) is 5.91 Å². The molecule has 0 radical (unpaired) electrons. The maximum absolute atomic E-state index is 12.6. The van der Waals surface area contributed by atoms with E-state index in [1.54, 1.807) is 0 Å². The summed E-state index contributed by atoms with van der Waals surface area (Å²) in [4.78, 5) is 49.0. The van der Waals surface area contributed by atoms with Crippen molar-refractivity contribution >= 4 is 34.2 Å². The Kier molecular flexibility index (Phi) is 4.75. The predicted octanol–water partition coefficient (Wildman–Crippen LogP) is 3.22. The second-order valence-electron chi connectivity index (χ2n) is 7.01. The Labute approximate surface area is 171 Å². The second kappa shape index (κ2) is 7.40. The molecule has 150 valence electrons. The monoisotopic (exact) mass is 403 g/mol. The fraction of sp³-hybridized carbons (Fsp3) is 0.136. The molecular weight excluding hydrogens is 386 g/mol. The number of benzene rings is 3. The average molecular weight is 403 g/mol. The molecule has 0 fully saturated rings. The van der Waals surface area contributed by atoms with E-state index in [0.717, 1.165) is 27.3 Å². The molecule has 1 unspecified atom stereocenters. The molecule has 4 rings (SSSR count). The fourth-order valence-corrected chi connectivity index (χ4v) is 3.75. The zero-order chi connectivity index (χ0) is 21.4. The van der Waals surface area contributed by atoms with Gasteiger partial charge in [0.25, 0.3) is 17.5 Å². The van der Waals surface area contributed by atoms with Gasteiger partial charge in [-0.15, -0.1) is 0 Å². The number of nitrogens with zero attached hydrogens (tertiary/aromatic N) is 2. The van der Waals surface area contributed by atoms with E-state index in [9.17, 15) is 24.5 Å². The first kappa shape index (κ1) is 19.3. The highest BCUT2D eigenvalue weighted by molar-refractivity contribution is 6.24. The van der Waals surface area contributed by atoms with Crippen LogP contribution in [0.4, 0.5) is 5.69 Å². The number of carbonyl (C=O) groups excluding carboxylic acids is 3. The van der Waals surface area contributed by atoms with E-state index >= 15 is 0 Å². The number of hydrogen-bond acceptors (Lipinski definition) is 5. The van der Waals surface area contributed by atoms with Gasteiger partial charge in [-0.3, -0.25) is 29.4 Å². The van der Waals surface area contributed by atoms with Crippen molar-refractivity contribution in [3.8, 4) is 0 Å². The molecule has 30 heavy (non-hydrogen) atoms. The topological polar surface area (TPSA) is 110 Å². The van der Waals surface area contributed by atoms with Crippen LogP contribution < -0.4 is 5.32 Å². The SMILES string of the molecule is CC(NC(=O)CN1C(=O)c2cccc([N+](=O)[O-])c2C1=O)c1cccc2ccccc12. The minimum Gasteiger partial charge on any atom is -0.348 e. The number of nitrogens with one attached hydrogen (secondary N) is 1. The van der Waals surface area contributed by atoms with Crippen molar-refractivity contribution in [2.75, 3.05) is 6.54 Å². The van der Waals surface area contributed by atoms with Gasteiger partial charge in [-0.25, -0.2) is 0 Å². The Morgan fingerprint density at radius 1 is 1.03 bits per heavy atom. The van der Waals surface area contributed by atoms with Gasteiger partial charge in [0, 0.05) is 6.07 Å². The van der Waals surface area contributed by atoms with Crippen LogP contribution in [0.5, 0.6) is 0 Å². The minimum absolute atomic E-state index is 0.0656. The summed E-state index contributed by atoms with van der Waals surface area (Å²) in [6.07, 6.45) is 0. The van der Waals surface area contributed by atoms with Crippen LogP contribution in [0.1, 0.15) is 39.2 Å². The molecule has 0 saturated heterocycles. The first-order valence-electron chi connectivity index (χ1n) is 9.29. The van der Waals surface area contributed by atoms with Gasteiger partial charge in [0.15, 0.2) is 0 Å². The lowest BCUT2D eigenvalue weighted by atomic mass is 10.00. The van der Waals surface area contributed by atoms with Crippen LogP contribution in [0, 0.1) is 10.1 Å². The Morgan fingerprint density at radius 2 is 1.73 bits per heavy atom. The summed E-state index contributed by atoms with van der Waals surface area (Å²) in [5.41, 5.74) is 0.115. The lowest BCUT2D eigenvalue weighted by molar-refractivity contribution is -0.385. The highest BCUT2D eigenvalue weighted by Gasteiger charge is 2.41. The van der Waals surface area contributed by atoms with Crippen LogP contribution in [0.3, 0.4) is 0 Å². The van der Waals surface area contributed by atoms with Crippen LogP contribution in [-0.2, 0) is 4.79 Å². The smallest absolute Gasteiger partial charge is 0.282 e. The molecule has 1 aliphatic rings. The fourth-order valence-electron chi connectivity index (χ4n) is 3.75. The molecule has 3 amide bonds. The Hall–Kier alpha value is -4.07. The second-order valence-corrected chi connectivity index (χ2v) is 7.01. The van der Waals surface area contributed by atoms with Crippen molar-refractivity contribution in [2.24, 2.45) is 0 Å². The van der Waals surface area contributed by atoms with Gasteiger partial charge in [-0.05, 0) is 29.3 Å². The van der Waals surface area contributed by atoms with Gasteiger partial charge in [0.1, 0.15) is 12.1 Å². The molecular formula is C22H17N3O5. The van der Waals surface area contributed by atoms with E-state index in [1.807, 2.05) is 49.4 Å². The molecule has 8 heteroatoms. The van der Waals surface area contributed by atoms with E-state index in [2.05, 4.69) is 5.32 Å². The molecule has 3 aromatic rings. The molecule has 1 atom stereocenters. The number of imide groups is 1. The number of rotatable bonds is 5. The molecule has 0 saturated carbocycles. The van der Waals surface area contributed by atoms with Gasteiger partial charge in [-0.2, -0.15) is 0 Å². The summed E-state index contributed by atoms with van der Waals surface area (Å²) in [5, 5.41) is 16.0. The van der Waals surface area contributed by atoms with Crippen molar-refractivity contribution in [3.05, 3.63) is 87.5 Å². The van der Waals surface area contributed by atoms with E-state index in [-0.39, 0.29) is 17.2 Å². The van der Waals surface area contributed by atoms with E-state index in [4.69, 9.17) is 0 Å². The van der Waals surface area contributed by atoms with Crippen LogP contribution >= 0.6 is 0 Å². The molecule has 1 aliphatic heterocycles. The Balaban J connectivity index is 1.53. The number of hydrogen-bond donors (Lipinski definition) is 1. The molecule has 0 aromatic heterocycles. The summed E-state index contributed by atoms with van der Waals surface area (Å²) < 4.78 is 0. The standard InChI is InChI=1S/C22H17N3O5/c1-13(15-9-4-7-14-6-2-3-8-16(14)15)23-19(26)12-24-21(27)17-10-5-11-18(25(29)30)20(17)22(24)28/h2-11,13H,12H2,1H3,(H,23,26). The maximum Gasteiger partial charge on any atom is 0.282 e. The van der Waals surface area contributed by atoms with Crippen molar-refractivity contribution in [2.45, 2.75) is 13.0 Å². The quantitative estimate of drug-likeness (QED) is 0.400. The Morgan fingerprint density at radius 3 is 2.50 bits per heavy atom. The maximum atomic E-state index is 12.6. The van der Waals surface area contributed by atoms with Crippen LogP contribution in [0.2, 0.25) is 0 Å². The highest BCUT2D eigenvalue weighted by Crippen LogP contribution is 2.30. The van der Waals surface area contributed by atoms with E-state index in [0.29, 0.717) is 0 Å². The molecule has 0 aliphatic carbocycles. The molecule has 3 aromatic carbocycles. The number of fused-ring (bicyclic) bond motifs is 2. The first-order valence-corrected chi connectivity index (χ1v) is 9.29. The number of carbonyl (C=O) groups is 3. The number of amides is 3. The molecule has 0 spiro atoms. The molecule has 0 bridgehead atoms. The van der Waals surface area contributed by atoms with Gasteiger partial charge in [-0.1, -0.05) is 48.5 Å².